The summed E-state index contributed by atoms with van der Waals surface area (Å²) in [5, 5.41) is 3.05. The molecule has 1 amide bonds. The second kappa shape index (κ2) is 5.74. The van der Waals surface area contributed by atoms with Gasteiger partial charge in [-0.15, -0.1) is 0 Å². The second-order valence-electron chi connectivity index (χ2n) is 7.82. The quantitative estimate of drug-likeness (QED) is 0.883. The Balaban J connectivity index is 1.77. The lowest BCUT2D eigenvalue weighted by atomic mass is 9.68. The van der Waals surface area contributed by atoms with Crippen LogP contribution in [0.5, 0.6) is 0 Å². The standard InChI is InChI=1S/C17H27N5O/c1-10-11(2)19-14(16(23)20-13-7-17(3,4)8-13)21-15(10)22-6-5-12(18)9-22/h12-13H,5-9,18H2,1-4H3,(H,20,23)/t12-/m1/s1. The first-order valence-electron chi connectivity index (χ1n) is 8.42. The van der Waals surface area contributed by atoms with Crippen LogP contribution in [0.2, 0.25) is 0 Å². The van der Waals surface area contributed by atoms with E-state index in [1.54, 1.807) is 0 Å². The average Bonchev–Trinajstić information content (AvgIpc) is 2.86. The van der Waals surface area contributed by atoms with E-state index in [-0.39, 0.29) is 23.8 Å². The van der Waals surface area contributed by atoms with Crippen molar-refractivity contribution in [1.82, 2.24) is 15.3 Å². The maximum atomic E-state index is 12.5. The van der Waals surface area contributed by atoms with Crippen molar-refractivity contribution in [3.63, 3.8) is 0 Å². The van der Waals surface area contributed by atoms with Crippen molar-refractivity contribution < 1.29 is 4.79 Å². The summed E-state index contributed by atoms with van der Waals surface area (Å²) in [5.74, 6) is 0.955. The number of aryl methyl sites for hydroxylation is 1. The summed E-state index contributed by atoms with van der Waals surface area (Å²) in [4.78, 5) is 23.6. The molecule has 6 heteroatoms. The fourth-order valence-electron chi connectivity index (χ4n) is 3.63. The Morgan fingerprint density at radius 2 is 2.00 bits per heavy atom. The van der Waals surface area contributed by atoms with E-state index in [0.717, 1.165) is 49.4 Å². The number of hydrogen-bond acceptors (Lipinski definition) is 5. The lowest BCUT2D eigenvalue weighted by Gasteiger charge is -2.42. The molecule has 3 rings (SSSR count). The summed E-state index contributed by atoms with van der Waals surface area (Å²) in [5.41, 5.74) is 8.22. The molecule has 0 bridgehead atoms. The molecule has 0 unspecified atom stereocenters. The molecule has 126 valence electrons. The summed E-state index contributed by atoms with van der Waals surface area (Å²) >= 11 is 0. The van der Waals surface area contributed by atoms with Gasteiger partial charge in [0.2, 0.25) is 5.82 Å². The molecule has 2 aliphatic rings. The van der Waals surface area contributed by atoms with Crippen LogP contribution in [0.25, 0.3) is 0 Å². The van der Waals surface area contributed by atoms with Gasteiger partial charge < -0.3 is 16.0 Å². The predicted octanol–water partition coefficient (Wildman–Crippen LogP) is 1.55. The van der Waals surface area contributed by atoms with Crippen molar-refractivity contribution in [3.05, 3.63) is 17.1 Å². The van der Waals surface area contributed by atoms with Gasteiger partial charge in [0.25, 0.3) is 5.91 Å². The molecule has 1 saturated carbocycles. The van der Waals surface area contributed by atoms with Crippen molar-refractivity contribution in [2.24, 2.45) is 11.1 Å². The summed E-state index contributed by atoms with van der Waals surface area (Å²) in [7, 11) is 0. The first-order valence-corrected chi connectivity index (χ1v) is 8.42. The molecule has 1 aliphatic heterocycles. The van der Waals surface area contributed by atoms with Gasteiger partial charge in [0.15, 0.2) is 0 Å². The highest BCUT2D eigenvalue weighted by Gasteiger charge is 2.37. The predicted molar refractivity (Wildman–Crippen MR) is 90.6 cm³/mol. The highest BCUT2D eigenvalue weighted by Crippen LogP contribution is 2.39. The number of nitrogens with two attached hydrogens (primary N) is 1. The number of anilines is 1. The summed E-state index contributed by atoms with van der Waals surface area (Å²) in [6.07, 6.45) is 2.98. The lowest BCUT2D eigenvalue weighted by Crippen LogP contribution is -2.48. The van der Waals surface area contributed by atoms with E-state index in [4.69, 9.17) is 5.73 Å². The first-order chi connectivity index (χ1) is 10.7. The Morgan fingerprint density at radius 3 is 2.57 bits per heavy atom. The van der Waals surface area contributed by atoms with Gasteiger partial charge in [-0.25, -0.2) is 9.97 Å². The summed E-state index contributed by atoms with van der Waals surface area (Å²) in [6.45, 7) is 10.0. The Morgan fingerprint density at radius 1 is 1.30 bits per heavy atom. The highest BCUT2D eigenvalue weighted by atomic mass is 16.2. The van der Waals surface area contributed by atoms with Gasteiger partial charge >= 0.3 is 0 Å². The monoisotopic (exact) mass is 317 g/mol. The van der Waals surface area contributed by atoms with E-state index < -0.39 is 0 Å². The number of carbonyl (C=O) groups excluding carboxylic acids is 1. The smallest absolute Gasteiger partial charge is 0.289 e. The van der Waals surface area contributed by atoms with E-state index in [0.29, 0.717) is 5.41 Å². The van der Waals surface area contributed by atoms with E-state index in [1.807, 2.05) is 13.8 Å². The van der Waals surface area contributed by atoms with Crippen LogP contribution in [0.15, 0.2) is 0 Å². The van der Waals surface area contributed by atoms with E-state index in [1.165, 1.54) is 0 Å². The van der Waals surface area contributed by atoms with E-state index in [2.05, 4.69) is 34.0 Å². The third-order valence-corrected chi connectivity index (χ3v) is 5.02. The van der Waals surface area contributed by atoms with Crippen LogP contribution in [0.1, 0.15) is 55.0 Å². The normalized spacial score (nSPS) is 23.7. The van der Waals surface area contributed by atoms with Gasteiger partial charge in [-0.05, 0) is 38.5 Å². The zero-order chi connectivity index (χ0) is 16.8. The molecule has 1 aromatic rings. The Bertz CT molecular complexity index is 620. The number of nitrogens with one attached hydrogen (secondary N) is 1. The maximum absolute atomic E-state index is 12.5. The number of aromatic nitrogens is 2. The molecule has 1 atom stereocenters. The number of hydrogen-bond donors (Lipinski definition) is 2. The van der Waals surface area contributed by atoms with Crippen LogP contribution in [-0.2, 0) is 0 Å². The summed E-state index contributed by atoms with van der Waals surface area (Å²) in [6, 6.07) is 0.422. The third kappa shape index (κ3) is 3.32. The van der Waals surface area contributed by atoms with Crippen molar-refractivity contribution in [1.29, 1.82) is 0 Å². The number of nitrogens with zero attached hydrogens (tertiary/aromatic N) is 3. The molecular formula is C17H27N5O. The van der Waals surface area contributed by atoms with Gasteiger partial charge in [0.1, 0.15) is 5.82 Å². The molecule has 1 saturated heterocycles. The molecule has 2 heterocycles. The minimum atomic E-state index is -0.168. The fraction of sp³-hybridized carbons (Fsp3) is 0.706. The van der Waals surface area contributed by atoms with Gasteiger partial charge in [-0.1, -0.05) is 13.8 Å². The molecule has 1 aliphatic carbocycles. The highest BCUT2D eigenvalue weighted by molar-refractivity contribution is 5.91. The van der Waals surface area contributed by atoms with E-state index >= 15 is 0 Å². The van der Waals surface area contributed by atoms with Crippen molar-refractivity contribution in [2.45, 2.75) is 59.0 Å². The largest absolute Gasteiger partial charge is 0.355 e. The van der Waals surface area contributed by atoms with Crippen LogP contribution in [0.4, 0.5) is 5.82 Å². The zero-order valence-electron chi connectivity index (χ0n) is 14.5. The lowest BCUT2D eigenvalue weighted by molar-refractivity contribution is 0.0793. The molecule has 6 nitrogen and oxygen atoms in total. The van der Waals surface area contributed by atoms with Crippen LogP contribution in [0.3, 0.4) is 0 Å². The Hall–Kier alpha value is -1.69. The topological polar surface area (TPSA) is 84.1 Å². The van der Waals surface area contributed by atoms with Gasteiger partial charge in [0, 0.05) is 36.4 Å². The second-order valence-corrected chi connectivity index (χ2v) is 7.82. The van der Waals surface area contributed by atoms with Crippen LogP contribution >= 0.6 is 0 Å². The SMILES string of the molecule is Cc1nc(C(=O)NC2CC(C)(C)C2)nc(N2CC[C@@H](N)C2)c1C. The minimum Gasteiger partial charge on any atom is -0.355 e. The Labute approximate surface area is 137 Å². The van der Waals surface area contributed by atoms with Crippen LogP contribution in [0, 0.1) is 19.3 Å². The number of amides is 1. The molecule has 0 radical (unpaired) electrons. The van der Waals surface area contributed by atoms with Crippen LogP contribution < -0.4 is 16.0 Å². The summed E-state index contributed by atoms with van der Waals surface area (Å²) < 4.78 is 0. The number of carbonyl (C=O) groups is 1. The molecule has 0 aromatic carbocycles. The Kier molecular flexibility index (Phi) is 4.04. The van der Waals surface area contributed by atoms with Crippen molar-refractivity contribution >= 4 is 11.7 Å². The average molecular weight is 317 g/mol. The molecule has 3 N–H and O–H groups in total. The fourth-order valence-corrected chi connectivity index (χ4v) is 3.63. The number of rotatable bonds is 3. The van der Waals surface area contributed by atoms with Crippen molar-refractivity contribution in [3.8, 4) is 0 Å². The molecule has 1 aromatic heterocycles. The zero-order valence-corrected chi connectivity index (χ0v) is 14.5. The van der Waals surface area contributed by atoms with E-state index in [9.17, 15) is 4.79 Å². The third-order valence-electron chi connectivity index (χ3n) is 5.02. The molecular weight excluding hydrogens is 290 g/mol. The van der Waals surface area contributed by atoms with Gasteiger partial charge in [-0.3, -0.25) is 4.79 Å². The molecule has 0 spiro atoms. The maximum Gasteiger partial charge on any atom is 0.289 e. The van der Waals surface area contributed by atoms with Crippen molar-refractivity contribution in [2.75, 3.05) is 18.0 Å². The minimum absolute atomic E-state index is 0.168. The van der Waals surface area contributed by atoms with Crippen LogP contribution in [-0.4, -0.2) is 41.0 Å². The van der Waals surface area contributed by atoms with Gasteiger partial charge in [-0.2, -0.15) is 0 Å². The molecule has 2 fully saturated rings. The van der Waals surface area contributed by atoms with Gasteiger partial charge in [0.05, 0.1) is 0 Å². The first kappa shape index (κ1) is 16.2. The molecule has 23 heavy (non-hydrogen) atoms.